The van der Waals surface area contributed by atoms with Gasteiger partial charge in [-0.2, -0.15) is 15.3 Å². The number of halogens is 6. The first kappa shape index (κ1) is 56.4. The Labute approximate surface area is 492 Å². The van der Waals surface area contributed by atoms with E-state index in [4.69, 9.17) is 69.6 Å². The van der Waals surface area contributed by atoms with Crippen molar-refractivity contribution in [2.45, 2.75) is 6.73 Å². The molecule has 9 aromatic carbocycles. The monoisotopic (exact) mass is 1210 g/mol. The number of nitro groups is 3. The maximum absolute atomic E-state index is 10.9. The lowest BCUT2D eigenvalue weighted by atomic mass is 10.1. The van der Waals surface area contributed by atoms with E-state index in [9.17, 15) is 35.4 Å². The van der Waals surface area contributed by atoms with E-state index in [-0.39, 0.29) is 71.0 Å². The fourth-order valence-electron chi connectivity index (χ4n) is 9.26. The highest BCUT2D eigenvalue weighted by Crippen LogP contribution is 2.42. The first-order valence-electron chi connectivity index (χ1n) is 24.1. The second kappa shape index (κ2) is 23.7. The van der Waals surface area contributed by atoms with E-state index in [0.717, 1.165) is 54.6 Å². The Morgan fingerprint density at radius 3 is 0.951 bits per heavy atom. The SMILES string of the molecule is Cn1c2ccccc2c2ccc(N=Nc3c(Cl)cc([N+](=O)[O-])cc3Cl)cc21.Cn1c2ccccc2c2ccc(N=Nc3c(Cl)cc([N+](=O)[O-])cc3Cl)cc21.O=[N+]([O-])c1cc(Cl)c(N=Nc2ccc3c4ccccc4n(CO)c3c2)c(Cl)c1. The summed E-state index contributed by atoms with van der Waals surface area (Å²) in [4.78, 5) is 30.9. The Morgan fingerprint density at radius 1 is 0.366 bits per heavy atom. The molecule has 0 amide bonds. The quantitative estimate of drug-likeness (QED) is 0.0788. The van der Waals surface area contributed by atoms with Gasteiger partial charge in [-0.05, 0) is 72.8 Å². The smallest absolute Gasteiger partial charge is 0.272 e. The highest BCUT2D eigenvalue weighted by Gasteiger charge is 2.19. The zero-order chi connectivity index (χ0) is 58.1. The van der Waals surface area contributed by atoms with E-state index in [1.54, 1.807) is 16.7 Å². The number of nitrogens with zero attached hydrogens (tertiary/aromatic N) is 12. The number of fused-ring (bicyclic) bond motifs is 9. The molecule has 12 rings (SSSR count). The summed E-state index contributed by atoms with van der Waals surface area (Å²) in [5, 5.41) is 74.1. The van der Waals surface area contributed by atoms with Gasteiger partial charge in [0, 0.05) is 93.8 Å². The summed E-state index contributed by atoms with van der Waals surface area (Å²) in [6, 6.07) is 48.2. The van der Waals surface area contributed by atoms with Gasteiger partial charge >= 0.3 is 0 Å². The average Bonchev–Trinajstić information content (AvgIpc) is 3.87. The Hall–Kier alpha value is -8.92. The van der Waals surface area contributed by atoms with Crippen LogP contribution in [0.4, 0.5) is 51.2 Å². The molecule has 0 spiro atoms. The van der Waals surface area contributed by atoms with Gasteiger partial charge in [-0.1, -0.05) is 124 Å². The molecule has 408 valence electrons. The molecule has 0 radical (unpaired) electrons. The summed E-state index contributed by atoms with van der Waals surface area (Å²) in [7, 11) is 3.99. The summed E-state index contributed by atoms with van der Waals surface area (Å²) < 4.78 is 5.96. The van der Waals surface area contributed by atoms with Gasteiger partial charge in [0.15, 0.2) is 0 Å². The van der Waals surface area contributed by atoms with Crippen LogP contribution in [0.15, 0.2) is 194 Å². The molecule has 0 fully saturated rings. The molecule has 3 aromatic heterocycles. The highest BCUT2D eigenvalue weighted by atomic mass is 35.5. The van der Waals surface area contributed by atoms with E-state index in [0.29, 0.717) is 17.1 Å². The van der Waals surface area contributed by atoms with Crippen molar-refractivity contribution < 1.29 is 19.9 Å². The number of azo groups is 3. The molecule has 0 aliphatic heterocycles. The van der Waals surface area contributed by atoms with Gasteiger partial charge in [0.2, 0.25) is 0 Å². The second-order valence-electron chi connectivity index (χ2n) is 18.0. The lowest BCUT2D eigenvalue weighted by Crippen LogP contribution is -1.95. The number of aromatic nitrogens is 3. The van der Waals surface area contributed by atoms with E-state index in [1.807, 2.05) is 105 Å². The van der Waals surface area contributed by atoms with Gasteiger partial charge in [-0.3, -0.25) is 30.3 Å². The lowest BCUT2D eigenvalue weighted by Gasteiger charge is -2.03. The number of benzene rings is 9. The van der Waals surface area contributed by atoms with Gasteiger partial charge < -0.3 is 18.8 Å². The minimum Gasteiger partial charge on any atom is -0.376 e. The predicted octanol–water partition coefficient (Wildman–Crippen LogP) is 20.3. The number of rotatable bonds is 10. The fraction of sp³-hybridized carbons (Fsp3) is 0.0526. The second-order valence-corrected chi connectivity index (χ2v) is 20.4. The number of non-ortho nitro benzene ring substituents is 3. The Bertz CT molecular complexity index is 4430. The normalized spacial score (nSPS) is 11.7. The van der Waals surface area contributed by atoms with Gasteiger partial charge in [-0.15, -0.1) is 15.3 Å². The van der Waals surface area contributed by atoms with Gasteiger partial charge in [0.1, 0.15) is 23.8 Å². The summed E-state index contributed by atoms with van der Waals surface area (Å²) >= 11 is 36.4. The number of aryl methyl sites for hydroxylation is 2. The van der Waals surface area contributed by atoms with Gasteiger partial charge in [0.05, 0.1) is 84.0 Å². The van der Waals surface area contributed by atoms with Crippen molar-refractivity contribution in [2.75, 3.05) is 0 Å². The molecule has 3 heterocycles. The van der Waals surface area contributed by atoms with Crippen molar-refractivity contribution in [2.24, 2.45) is 44.8 Å². The Balaban J connectivity index is 0.000000138. The molecule has 12 aromatic rings. The number of aliphatic hydroxyl groups excluding tert-OH is 1. The predicted molar refractivity (Wildman–Crippen MR) is 324 cm³/mol. The third kappa shape index (κ3) is 11.3. The molecule has 25 heteroatoms. The van der Waals surface area contributed by atoms with Crippen LogP contribution in [0.25, 0.3) is 65.4 Å². The number of hydrogen-bond donors (Lipinski definition) is 1. The zero-order valence-electron chi connectivity index (χ0n) is 42.3. The molecule has 0 aliphatic rings. The molecule has 0 saturated carbocycles. The first-order valence-corrected chi connectivity index (χ1v) is 26.4. The molecule has 0 unspecified atom stereocenters. The minimum absolute atomic E-state index is 0.0356. The van der Waals surface area contributed by atoms with E-state index < -0.39 is 14.8 Å². The topological polar surface area (TPSA) is 239 Å². The highest BCUT2D eigenvalue weighted by molar-refractivity contribution is 6.40. The summed E-state index contributed by atoms with van der Waals surface area (Å²) in [5.41, 5.74) is 7.72. The van der Waals surface area contributed by atoms with Crippen molar-refractivity contribution >= 4 is 186 Å². The number of nitro benzene ring substituents is 3. The molecule has 82 heavy (non-hydrogen) atoms. The van der Waals surface area contributed by atoms with Crippen LogP contribution in [-0.2, 0) is 20.8 Å². The van der Waals surface area contributed by atoms with Crippen molar-refractivity contribution in [3.63, 3.8) is 0 Å². The molecule has 1 N–H and O–H groups in total. The van der Waals surface area contributed by atoms with Crippen molar-refractivity contribution in [1.29, 1.82) is 0 Å². The average molecular weight is 1210 g/mol. The van der Waals surface area contributed by atoms with Crippen LogP contribution in [0.5, 0.6) is 0 Å². The molecule has 0 bridgehead atoms. The third-order valence-electron chi connectivity index (χ3n) is 13.1. The van der Waals surface area contributed by atoms with Crippen LogP contribution in [0, 0.1) is 30.3 Å². The van der Waals surface area contributed by atoms with Crippen LogP contribution < -0.4 is 0 Å². The van der Waals surface area contributed by atoms with Gasteiger partial charge in [0.25, 0.3) is 17.1 Å². The van der Waals surface area contributed by atoms with Crippen LogP contribution in [-0.4, -0.2) is 33.6 Å². The molecule has 19 nitrogen and oxygen atoms in total. The molecule has 0 saturated heterocycles. The molecule has 0 atom stereocenters. The zero-order valence-corrected chi connectivity index (χ0v) is 46.9. The molecular weight excluding hydrogens is 1180 g/mol. The summed E-state index contributed by atoms with van der Waals surface area (Å²) in [6.45, 7) is -0.176. The molecular formula is C57H36Cl6N12O7. The van der Waals surface area contributed by atoms with Crippen molar-refractivity contribution in [1.82, 2.24) is 13.7 Å². The minimum atomic E-state index is -0.583. The van der Waals surface area contributed by atoms with Gasteiger partial charge in [-0.25, -0.2) is 0 Å². The maximum atomic E-state index is 10.9. The van der Waals surface area contributed by atoms with E-state index >= 15 is 0 Å². The van der Waals surface area contributed by atoms with Crippen LogP contribution >= 0.6 is 69.6 Å². The first-order chi connectivity index (χ1) is 39.4. The van der Waals surface area contributed by atoms with Crippen molar-refractivity contribution in [3.05, 3.63) is 224 Å². The van der Waals surface area contributed by atoms with Crippen molar-refractivity contribution in [3.8, 4) is 0 Å². The van der Waals surface area contributed by atoms with Crippen LogP contribution in [0.1, 0.15) is 0 Å². The lowest BCUT2D eigenvalue weighted by molar-refractivity contribution is -0.385. The third-order valence-corrected chi connectivity index (χ3v) is 14.9. The van der Waals surface area contributed by atoms with E-state index in [2.05, 4.69) is 64.1 Å². The molecule has 0 aliphatic carbocycles. The van der Waals surface area contributed by atoms with E-state index in [1.165, 1.54) is 47.2 Å². The maximum Gasteiger partial charge on any atom is 0.272 e. The number of para-hydroxylation sites is 3. The number of aliphatic hydroxyl groups is 1. The summed E-state index contributed by atoms with van der Waals surface area (Å²) in [6.07, 6.45) is 0. The standard InChI is InChI=1S/C19H12Cl2N4O3.2C19H12Cl2N4O2/c20-15-8-12(25(27)28)9-16(21)19(15)23-22-11-5-6-14-13-3-1-2-4-17(13)24(10-26)18(14)7-11;2*1-24-17-5-3-2-4-13(17)14-7-6-11(8-18(14)24)22-23-19-15(20)9-12(25(26)27)10-16(19)21/h1-9,26H,10H2;2*2-10H,1H3. The largest absolute Gasteiger partial charge is 0.376 e. The Morgan fingerprint density at radius 2 is 0.634 bits per heavy atom. The Kier molecular flexibility index (Phi) is 16.3. The summed E-state index contributed by atoms with van der Waals surface area (Å²) in [5.74, 6) is 0. The number of hydrogen-bond acceptors (Lipinski definition) is 13. The fourth-order valence-corrected chi connectivity index (χ4v) is 10.9. The van der Waals surface area contributed by atoms with Crippen LogP contribution in [0.3, 0.4) is 0 Å². The van der Waals surface area contributed by atoms with Crippen LogP contribution in [0.2, 0.25) is 30.1 Å².